The second-order valence-electron chi connectivity index (χ2n) is 6.31. The van der Waals surface area contributed by atoms with Crippen molar-refractivity contribution in [2.45, 2.75) is 19.4 Å². The summed E-state index contributed by atoms with van der Waals surface area (Å²) in [5.41, 5.74) is 2.09. The van der Waals surface area contributed by atoms with Crippen molar-refractivity contribution >= 4 is 23.0 Å². The Labute approximate surface area is 164 Å². The number of aromatic nitrogens is 1. The third-order valence-corrected chi connectivity index (χ3v) is 4.13. The van der Waals surface area contributed by atoms with Gasteiger partial charge in [0.15, 0.2) is 0 Å². The molecule has 3 rings (SSSR count). The number of nitrogens with one attached hydrogen (secondary N) is 2. The third kappa shape index (κ3) is 5.83. The first-order chi connectivity index (χ1) is 13.6. The van der Waals surface area contributed by atoms with Crippen molar-refractivity contribution in [3.8, 4) is 11.6 Å². The fraction of sp³-hybridized carbons (Fsp3) is 0.400. The van der Waals surface area contributed by atoms with Gasteiger partial charge in [0.25, 0.3) is 0 Å². The van der Waals surface area contributed by atoms with Crippen molar-refractivity contribution in [1.82, 2.24) is 4.98 Å². The summed E-state index contributed by atoms with van der Waals surface area (Å²) >= 11 is 0. The number of rotatable bonds is 9. The van der Waals surface area contributed by atoms with E-state index in [1.54, 1.807) is 19.4 Å². The molecule has 8 nitrogen and oxygen atoms in total. The molecule has 2 heterocycles. The molecule has 1 aromatic carbocycles. The van der Waals surface area contributed by atoms with Crippen molar-refractivity contribution in [1.29, 1.82) is 0 Å². The molecule has 0 saturated carbocycles. The SMILES string of the molecule is COc1cc(Nc2ccc(OCCOC3CCOC3)cc2)c(NC(C)=O)cn1. The van der Waals surface area contributed by atoms with E-state index in [1.807, 2.05) is 24.3 Å². The van der Waals surface area contributed by atoms with E-state index in [2.05, 4.69) is 15.6 Å². The fourth-order valence-electron chi connectivity index (χ4n) is 2.75. The van der Waals surface area contributed by atoms with Gasteiger partial charge in [-0.1, -0.05) is 0 Å². The zero-order valence-corrected chi connectivity index (χ0v) is 16.1. The maximum Gasteiger partial charge on any atom is 0.221 e. The number of pyridine rings is 1. The summed E-state index contributed by atoms with van der Waals surface area (Å²) in [7, 11) is 1.54. The lowest BCUT2D eigenvalue weighted by Gasteiger charge is -2.14. The molecule has 0 radical (unpaired) electrons. The zero-order valence-electron chi connectivity index (χ0n) is 16.1. The molecular weight excluding hydrogens is 362 g/mol. The monoisotopic (exact) mass is 387 g/mol. The van der Waals surface area contributed by atoms with E-state index in [0.29, 0.717) is 37.1 Å². The first kappa shape index (κ1) is 19.9. The first-order valence-electron chi connectivity index (χ1n) is 9.15. The number of hydrogen-bond acceptors (Lipinski definition) is 7. The highest BCUT2D eigenvalue weighted by Gasteiger charge is 2.15. The number of anilines is 3. The molecule has 0 spiro atoms. The van der Waals surface area contributed by atoms with Crippen molar-refractivity contribution < 1.29 is 23.7 Å². The molecule has 1 aliphatic heterocycles. The molecule has 0 bridgehead atoms. The van der Waals surface area contributed by atoms with Crippen molar-refractivity contribution in [2.75, 3.05) is 44.2 Å². The van der Waals surface area contributed by atoms with Crippen LogP contribution in [-0.4, -0.2) is 50.5 Å². The molecule has 8 heteroatoms. The number of carbonyl (C=O) groups is 1. The summed E-state index contributed by atoms with van der Waals surface area (Å²) in [5, 5.41) is 6.00. The average molecular weight is 387 g/mol. The largest absolute Gasteiger partial charge is 0.491 e. The molecule has 1 atom stereocenters. The van der Waals surface area contributed by atoms with Crippen molar-refractivity contribution in [2.24, 2.45) is 0 Å². The van der Waals surface area contributed by atoms with Crippen LogP contribution in [0.4, 0.5) is 17.1 Å². The average Bonchev–Trinajstić information content (AvgIpc) is 3.21. The lowest BCUT2D eigenvalue weighted by atomic mass is 10.2. The highest BCUT2D eigenvalue weighted by molar-refractivity contribution is 5.93. The Kier molecular flexibility index (Phi) is 7.05. The van der Waals surface area contributed by atoms with Crippen LogP contribution in [0.2, 0.25) is 0 Å². The van der Waals surface area contributed by atoms with Crippen LogP contribution in [-0.2, 0) is 14.3 Å². The van der Waals surface area contributed by atoms with Crippen molar-refractivity contribution in [3.63, 3.8) is 0 Å². The third-order valence-electron chi connectivity index (χ3n) is 4.13. The Hall–Kier alpha value is -2.84. The van der Waals surface area contributed by atoms with Crippen molar-refractivity contribution in [3.05, 3.63) is 36.5 Å². The summed E-state index contributed by atoms with van der Waals surface area (Å²) < 4.78 is 21.8. The molecule has 2 N–H and O–H groups in total. The molecule has 1 saturated heterocycles. The van der Waals surface area contributed by atoms with Gasteiger partial charge in [-0.2, -0.15) is 0 Å². The summed E-state index contributed by atoms with van der Waals surface area (Å²) in [6.45, 7) is 3.90. The van der Waals surface area contributed by atoms with E-state index in [4.69, 9.17) is 18.9 Å². The highest BCUT2D eigenvalue weighted by Crippen LogP contribution is 2.29. The normalized spacial score (nSPS) is 15.9. The number of nitrogens with zero attached hydrogens (tertiary/aromatic N) is 1. The van der Waals surface area contributed by atoms with E-state index in [9.17, 15) is 4.79 Å². The van der Waals surface area contributed by atoms with Gasteiger partial charge in [-0.3, -0.25) is 4.79 Å². The predicted octanol–water partition coefficient (Wildman–Crippen LogP) is 2.98. The number of ether oxygens (including phenoxy) is 4. The van der Waals surface area contributed by atoms with Gasteiger partial charge in [-0.25, -0.2) is 4.98 Å². The molecule has 2 aromatic rings. The Bertz CT molecular complexity index is 776. The number of amides is 1. The van der Waals surface area contributed by atoms with E-state index in [-0.39, 0.29) is 12.0 Å². The molecule has 1 aliphatic rings. The lowest BCUT2D eigenvalue weighted by molar-refractivity contribution is -0.114. The van der Waals surface area contributed by atoms with E-state index in [0.717, 1.165) is 24.5 Å². The quantitative estimate of drug-likeness (QED) is 0.639. The van der Waals surface area contributed by atoms with Crippen LogP contribution < -0.4 is 20.1 Å². The smallest absolute Gasteiger partial charge is 0.221 e. The number of carbonyl (C=O) groups excluding carboxylic acids is 1. The van der Waals surface area contributed by atoms with Crippen LogP contribution in [0.1, 0.15) is 13.3 Å². The molecule has 150 valence electrons. The highest BCUT2D eigenvalue weighted by atomic mass is 16.6. The van der Waals surface area contributed by atoms with E-state index < -0.39 is 0 Å². The van der Waals surface area contributed by atoms with Gasteiger partial charge in [0, 0.05) is 25.3 Å². The molecule has 1 aromatic heterocycles. The van der Waals surface area contributed by atoms with Gasteiger partial charge >= 0.3 is 0 Å². The van der Waals surface area contributed by atoms with Gasteiger partial charge in [0.05, 0.1) is 44.0 Å². The minimum absolute atomic E-state index is 0.176. The molecule has 1 fully saturated rings. The Morgan fingerprint density at radius 2 is 2.07 bits per heavy atom. The minimum Gasteiger partial charge on any atom is -0.491 e. The summed E-state index contributed by atoms with van der Waals surface area (Å²) in [4.78, 5) is 15.5. The van der Waals surface area contributed by atoms with Gasteiger partial charge in [0.1, 0.15) is 12.4 Å². The molecule has 0 aliphatic carbocycles. The Morgan fingerprint density at radius 1 is 1.25 bits per heavy atom. The maximum atomic E-state index is 11.4. The second kappa shape index (κ2) is 9.91. The second-order valence-corrected chi connectivity index (χ2v) is 6.31. The summed E-state index contributed by atoms with van der Waals surface area (Å²) in [6.07, 6.45) is 2.68. The zero-order chi connectivity index (χ0) is 19.8. The van der Waals surface area contributed by atoms with Crippen LogP contribution in [0.5, 0.6) is 11.6 Å². The topological polar surface area (TPSA) is 90.9 Å². The summed E-state index contributed by atoms with van der Waals surface area (Å²) in [5.74, 6) is 1.03. The number of hydrogen-bond donors (Lipinski definition) is 2. The molecule has 1 amide bonds. The molecule has 28 heavy (non-hydrogen) atoms. The first-order valence-corrected chi connectivity index (χ1v) is 9.15. The van der Waals surface area contributed by atoms with Crippen LogP contribution in [0, 0.1) is 0 Å². The van der Waals surface area contributed by atoms with Gasteiger partial charge in [-0.15, -0.1) is 0 Å². The number of benzene rings is 1. The Morgan fingerprint density at radius 3 is 2.75 bits per heavy atom. The molecule has 1 unspecified atom stereocenters. The Balaban J connectivity index is 1.55. The maximum absolute atomic E-state index is 11.4. The van der Waals surface area contributed by atoms with Crippen LogP contribution in [0.15, 0.2) is 36.5 Å². The van der Waals surface area contributed by atoms with Crippen LogP contribution >= 0.6 is 0 Å². The minimum atomic E-state index is -0.176. The van der Waals surface area contributed by atoms with Crippen LogP contribution in [0.25, 0.3) is 0 Å². The lowest BCUT2D eigenvalue weighted by Crippen LogP contribution is -2.16. The van der Waals surface area contributed by atoms with Gasteiger partial charge < -0.3 is 29.6 Å². The van der Waals surface area contributed by atoms with E-state index >= 15 is 0 Å². The standard InChI is InChI=1S/C20H25N3O5/c1-14(24)22-19-12-21-20(25-2)11-18(19)23-15-3-5-16(6-4-15)27-9-10-28-17-7-8-26-13-17/h3-6,11-12,17H,7-10,13H2,1-2H3,(H,21,23)(H,22,24). The summed E-state index contributed by atoms with van der Waals surface area (Å²) in [6, 6.07) is 9.26. The van der Waals surface area contributed by atoms with Gasteiger partial charge in [-0.05, 0) is 30.7 Å². The van der Waals surface area contributed by atoms with Gasteiger partial charge in [0.2, 0.25) is 11.8 Å². The number of methoxy groups -OCH3 is 1. The fourth-order valence-corrected chi connectivity index (χ4v) is 2.75. The van der Waals surface area contributed by atoms with Crippen LogP contribution in [0.3, 0.4) is 0 Å². The predicted molar refractivity (Wildman–Crippen MR) is 105 cm³/mol. The van der Waals surface area contributed by atoms with E-state index in [1.165, 1.54) is 6.92 Å². The molecular formula is C20H25N3O5.